The van der Waals surface area contributed by atoms with Gasteiger partial charge in [0.1, 0.15) is 42.2 Å². The number of nitrogens with two attached hydrogens (primary N) is 1. The van der Waals surface area contributed by atoms with Crippen LogP contribution in [0.5, 0.6) is 5.75 Å². The molecule has 0 radical (unpaired) electrons. The number of likely N-dealkylation sites (N-methyl/N-ethyl adjacent to an activating group) is 2. The lowest BCUT2D eigenvalue weighted by Crippen LogP contribution is -2.56. The number of carboxylic acid groups (broad SMARTS) is 1. The van der Waals surface area contributed by atoms with Gasteiger partial charge in [0.2, 0.25) is 24.0 Å². The number of aliphatic hydroxyl groups is 4. The van der Waals surface area contributed by atoms with Crippen molar-refractivity contribution in [1.29, 1.82) is 0 Å². The number of ether oxygens (including phenoxy) is 4. The summed E-state index contributed by atoms with van der Waals surface area (Å²) in [5.74, 6) is -5.29. The van der Waals surface area contributed by atoms with Crippen molar-refractivity contribution in [2.75, 3.05) is 55.1 Å². The Morgan fingerprint density at radius 3 is 2.08 bits per heavy atom. The van der Waals surface area contributed by atoms with Gasteiger partial charge in [-0.05, 0) is 60.8 Å². The lowest BCUT2D eigenvalue weighted by molar-refractivity contribution is -0.922. The van der Waals surface area contributed by atoms with E-state index in [0.29, 0.717) is 36.9 Å². The third kappa shape index (κ3) is 20.7. The summed E-state index contributed by atoms with van der Waals surface area (Å²) in [6, 6.07) is 11.7. The van der Waals surface area contributed by atoms with Gasteiger partial charge in [-0.3, -0.25) is 38.4 Å². The Kier molecular flexibility index (Phi) is 29.9. The second-order valence-electron chi connectivity index (χ2n) is 25.8. The summed E-state index contributed by atoms with van der Waals surface area (Å²) in [5, 5.41) is 53.7. The number of likely N-dealkylation sites (tertiary alicyclic amines) is 1. The highest BCUT2D eigenvalue weighted by molar-refractivity contribution is 5.91. The number of hydrogen-bond acceptors (Lipinski definition) is 17. The molecule has 0 aromatic heterocycles. The lowest BCUT2D eigenvalue weighted by atomic mass is 9.83. The van der Waals surface area contributed by atoms with Gasteiger partial charge < -0.3 is 69.8 Å². The summed E-state index contributed by atoms with van der Waals surface area (Å²) >= 11 is 0. The van der Waals surface area contributed by atoms with Gasteiger partial charge in [-0.1, -0.05) is 92.1 Å². The summed E-state index contributed by atoms with van der Waals surface area (Å²) in [7, 11) is 8.65. The minimum atomic E-state index is -1.64. The third-order valence-electron chi connectivity index (χ3n) is 18.0. The van der Waals surface area contributed by atoms with Gasteiger partial charge >= 0.3 is 5.97 Å². The standard InChI is InChI=1S/C66H103N5O17/c1-14-40(6)59(55(85-12)34-57(78)70-29-19-23-49(70)64(86-13)42(8)51(74)30-41(7)61(81)44-20-16-15-17-21-44)69(9)65(84)47(38(2)3)33-52(75)60(39(4)5)71(10,11)36-43-25-26-54(88-66-63(83)62(82)53(76)37-87-66)45(31-43)32-46(72)22-18-24-50(73)48(35-67)68-56(77)27-28-58(79)80/h15-17,20-21,25-26,31,38-42,47-49,53,55,59-64,66,76,81-83H,14,18-19,22-24,27-30,32-37,67H2,1-13H3,(H-,68,77,79,80)/p+1/t40-,41-,42-,47-,48-,49-,53+,55+,59-,60-,61+,62-,63+,64+,66-/m0/s1. The van der Waals surface area contributed by atoms with Gasteiger partial charge in [0.15, 0.2) is 17.6 Å². The van der Waals surface area contributed by atoms with E-state index in [1.165, 1.54) is 7.11 Å². The first-order valence-corrected chi connectivity index (χ1v) is 31.4. The number of carbonyl (C=O) groups is 8. The monoisotopic (exact) mass is 1240 g/mol. The van der Waals surface area contributed by atoms with Crippen LogP contribution in [0.25, 0.3) is 0 Å². The summed E-state index contributed by atoms with van der Waals surface area (Å²) < 4.78 is 23.9. The molecule has 22 nitrogen and oxygen atoms in total. The minimum Gasteiger partial charge on any atom is -0.481 e. The number of carbonyl (C=O) groups excluding carboxylic acids is 7. The number of hydrogen-bond donors (Lipinski definition) is 7. The number of nitrogens with one attached hydrogen (secondary N) is 1. The van der Waals surface area contributed by atoms with Gasteiger partial charge in [0.05, 0.1) is 70.0 Å². The highest BCUT2D eigenvalue weighted by Crippen LogP contribution is 2.35. The number of amides is 3. The van der Waals surface area contributed by atoms with Crippen molar-refractivity contribution in [1.82, 2.24) is 15.1 Å². The van der Waals surface area contributed by atoms with E-state index in [9.17, 15) is 49.2 Å². The van der Waals surface area contributed by atoms with E-state index in [4.69, 9.17) is 29.8 Å². The molecular formula is C66H104N5O17+. The Balaban J connectivity index is 1.53. The molecule has 2 aromatic rings. The summed E-state index contributed by atoms with van der Waals surface area (Å²) in [6.07, 6.45) is -7.12. The van der Waals surface area contributed by atoms with Gasteiger partial charge in [0.25, 0.3) is 0 Å². The number of aliphatic carboxylic acids is 1. The number of methoxy groups -OCH3 is 2. The number of aliphatic hydroxyl groups excluding tert-OH is 4. The van der Waals surface area contributed by atoms with Crippen molar-refractivity contribution in [3.63, 3.8) is 0 Å². The zero-order valence-electron chi connectivity index (χ0n) is 54.3. The molecule has 88 heavy (non-hydrogen) atoms. The molecule has 0 unspecified atom stereocenters. The zero-order chi connectivity index (χ0) is 65.9. The molecule has 2 aliphatic rings. The molecule has 2 aromatic carbocycles. The Morgan fingerprint density at radius 2 is 1.49 bits per heavy atom. The van der Waals surface area contributed by atoms with Crippen LogP contribution in [0.1, 0.15) is 149 Å². The highest BCUT2D eigenvalue weighted by Gasteiger charge is 2.46. The van der Waals surface area contributed by atoms with Gasteiger partial charge in [-0.15, -0.1) is 0 Å². The fourth-order valence-electron chi connectivity index (χ4n) is 13.0. The predicted octanol–water partition coefficient (Wildman–Crippen LogP) is 4.75. The van der Waals surface area contributed by atoms with Crippen molar-refractivity contribution in [3.8, 4) is 5.75 Å². The normalized spacial score (nSPS) is 21.5. The first-order valence-electron chi connectivity index (χ1n) is 31.4. The van der Waals surface area contributed by atoms with Crippen LogP contribution in [0.2, 0.25) is 0 Å². The van der Waals surface area contributed by atoms with E-state index in [2.05, 4.69) is 5.32 Å². The molecule has 8 N–H and O–H groups in total. The SMILES string of the molecule is CC[C@H](C)[C@@H]([C@@H](CC(=O)N1CCC[C@H]1[C@H](OC)[C@@H](C)C(=O)C[C@H](C)[C@@H](O)c1ccccc1)OC)N(C)C(=O)[C@@H](CC(=O)[C@H](C(C)C)[N+](C)(C)Cc1ccc(O[C@@H]2OC[C@@H](O)[C@H](O)[C@H]2O)c(CC(=O)CCCC(=O)[C@H](CN)NC(=O)CCC(=O)O)c1)C(C)C. The summed E-state index contributed by atoms with van der Waals surface area (Å²) in [6.45, 7) is 15.6. The van der Waals surface area contributed by atoms with Crippen molar-refractivity contribution < 1.29 is 87.3 Å². The van der Waals surface area contributed by atoms with Crippen molar-refractivity contribution in [2.45, 2.75) is 206 Å². The van der Waals surface area contributed by atoms with Crippen LogP contribution in [0, 0.1) is 35.5 Å². The number of ketones is 4. The van der Waals surface area contributed by atoms with Crippen LogP contribution in [-0.2, 0) is 65.5 Å². The van der Waals surface area contributed by atoms with Crippen molar-refractivity contribution in [3.05, 3.63) is 65.2 Å². The van der Waals surface area contributed by atoms with Crippen LogP contribution in [-0.4, -0.2) is 203 Å². The Bertz CT molecular complexity index is 2620. The number of quaternary nitrogens is 1. The topological polar surface area (TPSA) is 319 Å². The molecule has 3 amide bonds. The van der Waals surface area contributed by atoms with Gasteiger partial charge in [-0.25, -0.2) is 0 Å². The van der Waals surface area contributed by atoms with Crippen molar-refractivity contribution >= 4 is 46.8 Å². The van der Waals surface area contributed by atoms with Crippen LogP contribution in [0.4, 0.5) is 0 Å². The Hall–Kier alpha value is -5.56. The molecule has 2 aliphatic heterocycles. The molecular weight excluding hydrogens is 1130 g/mol. The quantitative estimate of drug-likeness (QED) is 0.0446. The van der Waals surface area contributed by atoms with E-state index < -0.39 is 97.0 Å². The highest BCUT2D eigenvalue weighted by atomic mass is 16.7. The molecule has 0 saturated carbocycles. The van der Waals surface area contributed by atoms with E-state index in [-0.39, 0.29) is 140 Å². The molecule has 4 rings (SSSR count). The zero-order valence-corrected chi connectivity index (χ0v) is 54.3. The van der Waals surface area contributed by atoms with Crippen LogP contribution in [0.15, 0.2) is 48.5 Å². The molecule has 0 spiro atoms. The van der Waals surface area contributed by atoms with E-state index in [1.54, 1.807) is 42.2 Å². The van der Waals surface area contributed by atoms with Gasteiger partial charge in [0, 0.05) is 102 Å². The number of carboxylic acids is 1. The molecule has 0 bridgehead atoms. The largest absolute Gasteiger partial charge is 0.481 e. The predicted molar refractivity (Wildman–Crippen MR) is 329 cm³/mol. The maximum Gasteiger partial charge on any atom is 0.303 e. The average Bonchev–Trinajstić information content (AvgIpc) is 3.88. The first-order chi connectivity index (χ1) is 41.4. The number of Topliss-reactive ketones (excluding diaryl/α,β-unsaturated/α-hetero) is 4. The molecule has 0 aliphatic carbocycles. The number of benzene rings is 2. The van der Waals surface area contributed by atoms with E-state index in [0.717, 1.165) is 5.56 Å². The van der Waals surface area contributed by atoms with Crippen LogP contribution in [0.3, 0.4) is 0 Å². The fourth-order valence-corrected chi connectivity index (χ4v) is 13.0. The van der Waals surface area contributed by atoms with Crippen LogP contribution >= 0.6 is 0 Å². The molecule has 2 fully saturated rings. The summed E-state index contributed by atoms with van der Waals surface area (Å²) in [4.78, 5) is 112. The maximum absolute atomic E-state index is 15.1. The molecule has 2 saturated heterocycles. The minimum absolute atomic E-state index is 0.0455. The number of nitrogens with zero attached hydrogens (tertiary/aromatic N) is 3. The second kappa shape index (κ2) is 35.2. The Labute approximate surface area is 520 Å². The molecule has 494 valence electrons. The van der Waals surface area contributed by atoms with Crippen LogP contribution < -0.4 is 15.8 Å². The second-order valence-corrected chi connectivity index (χ2v) is 25.8. The van der Waals surface area contributed by atoms with Gasteiger partial charge in [-0.2, -0.15) is 0 Å². The van der Waals surface area contributed by atoms with E-state index >= 15 is 9.59 Å². The first kappa shape index (κ1) is 74.9. The maximum atomic E-state index is 15.1. The molecule has 22 heteroatoms. The average molecular weight is 1240 g/mol. The molecule has 2 heterocycles. The molecule has 15 atom stereocenters. The van der Waals surface area contributed by atoms with E-state index in [1.807, 2.05) is 99.8 Å². The third-order valence-corrected chi connectivity index (χ3v) is 18.0. The fraction of sp³-hybridized carbons (Fsp3) is 0.697. The lowest BCUT2D eigenvalue weighted by Gasteiger charge is -2.42. The van der Waals surface area contributed by atoms with Crippen molar-refractivity contribution in [2.24, 2.45) is 41.2 Å². The smallest absolute Gasteiger partial charge is 0.303 e. The number of rotatable bonds is 38. The summed E-state index contributed by atoms with van der Waals surface area (Å²) in [5.41, 5.74) is 7.57. The Morgan fingerprint density at radius 1 is 0.818 bits per heavy atom.